The molecule has 2 aromatic rings. The molecule has 0 aliphatic rings. The summed E-state index contributed by atoms with van der Waals surface area (Å²) in [7, 11) is 1.30. The maximum absolute atomic E-state index is 13.1. The second-order valence-corrected chi connectivity index (χ2v) is 4.48. The van der Waals surface area contributed by atoms with E-state index in [-0.39, 0.29) is 5.56 Å². The van der Waals surface area contributed by atoms with E-state index in [9.17, 15) is 18.0 Å². The van der Waals surface area contributed by atoms with Gasteiger partial charge in [0.25, 0.3) is 0 Å². The summed E-state index contributed by atoms with van der Waals surface area (Å²) in [6, 6.07) is 4.84. The van der Waals surface area contributed by atoms with Gasteiger partial charge in [0.05, 0.1) is 6.42 Å². The molecule has 0 spiro atoms. The van der Waals surface area contributed by atoms with Gasteiger partial charge in [-0.25, -0.2) is 0 Å². The summed E-state index contributed by atoms with van der Waals surface area (Å²) >= 11 is 0. The van der Waals surface area contributed by atoms with E-state index in [0.717, 1.165) is 10.1 Å². The summed E-state index contributed by atoms with van der Waals surface area (Å²) in [6.07, 6.45) is -5.22. The molecule has 0 fully saturated rings. The molecule has 19 heavy (non-hydrogen) atoms. The van der Waals surface area contributed by atoms with Gasteiger partial charge in [-0.15, -0.1) is 0 Å². The lowest BCUT2D eigenvalue weighted by Crippen LogP contribution is -2.15. The number of hydrogen-bond acceptors (Lipinski definition) is 1. The molecule has 1 aromatic carbocycles. The molecule has 0 amide bonds. The third-order valence-corrected chi connectivity index (χ3v) is 3.06. The second-order valence-electron chi connectivity index (χ2n) is 4.48. The molecule has 0 unspecified atom stereocenters. The zero-order chi connectivity index (χ0) is 14.4. The largest absolute Gasteiger partial charge is 0.481 e. The van der Waals surface area contributed by atoms with Gasteiger partial charge in [-0.05, 0) is 18.6 Å². The molecule has 0 aliphatic heterocycles. The van der Waals surface area contributed by atoms with Crippen LogP contribution < -0.4 is 0 Å². The fourth-order valence-electron chi connectivity index (χ4n) is 2.32. The first-order chi connectivity index (χ1) is 8.71. The normalized spacial score (nSPS) is 12.1. The zero-order valence-corrected chi connectivity index (χ0v) is 10.4. The Morgan fingerprint density at radius 2 is 2.00 bits per heavy atom. The van der Waals surface area contributed by atoms with Crippen LogP contribution in [0.25, 0.3) is 10.9 Å². The lowest BCUT2D eigenvalue weighted by atomic mass is 10.1. The summed E-state index contributed by atoms with van der Waals surface area (Å²) in [5, 5.41) is 9.14. The molecule has 6 heteroatoms. The van der Waals surface area contributed by atoms with Crippen LogP contribution in [-0.4, -0.2) is 15.6 Å². The summed E-state index contributed by atoms with van der Waals surface area (Å²) in [4.78, 5) is 10.8. The van der Waals surface area contributed by atoms with E-state index in [1.54, 1.807) is 19.1 Å². The second kappa shape index (κ2) is 4.29. The maximum Gasteiger partial charge on any atom is 0.431 e. The number of nitrogens with zero attached hydrogens (tertiary/aromatic N) is 1. The van der Waals surface area contributed by atoms with Crippen molar-refractivity contribution in [2.75, 3.05) is 0 Å². The fourth-order valence-corrected chi connectivity index (χ4v) is 2.32. The number of carbonyl (C=O) groups is 1. The van der Waals surface area contributed by atoms with Crippen molar-refractivity contribution in [3.05, 3.63) is 35.0 Å². The Balaban J connectivity index is 2.84. The van der Waals surface area contributed by atoms with Gasteiger partial charge in [-0.3, -0.25) is 4.79 Å². The number of fused-ring (bicyclic) bond motifs is 1. The highest BCUT2D eigenvalue weighted by atomic mass is 19.4. The van der Waals surface area contributed by atoms with Crippen molar-refractivity contribution >= 4 is 16.9 Å². The minimum absolute atomic E-state index is 0.183. The van der Waals surface area contributed by atoms with Gasteiger partial charge in [-0.2, -0.15) is 13.2 Å². The molecule has 102 valence electrons. The number of rotatable bonds is 2. The zero-order valence-electron chi connectivity index (χ0n) is 10.4. The van der Waals surface area contributed by atoms with Crippen molar-refractivity contribution in [2.24, 2.45) is 7.05 Å². The Kier molecular flexibility index (Phi) is 3.04. The lowest BCUT2D eigenvalue weighted by Gasteiger charge is -2.10. The van der Waals surface area contributed by atoms with Crippen molar-refractivity contribution in [1.29, 1.82) is 0 Å². The SMILES string of the molecule is Cc1ccc2c(CC(=O)O)c(C(F)(F)F)n(C)c2c1. The molecule has 1 N–H and O–H groups in total. The summed E-state index contributed by atoms with van der Waals surface area (Å²) in [6.45, 7) is 1.77. The highest BCUT2D eigenvalue weighted by molar-refractivity contribution is 5.89. The van der Waals surface area contributed by atoms with Gasteiger partial charge in [0.1, 0.15) is 5.69 Å². The van der Waals surface area contributed by atoms with Gasteiger partial charge < -0.3 is 9.67 Å². The number of hydrogen-bond donors (Lipinski definition) is 1. The minimum Gasteiger partial charge on any atom is -0.481 e. The highest BCUT2D eigenvalue weighted by Crippen LogP contribution is 2.38. The van der Waals surface area contributed by atoms with Crippen molar-refractivity contribution < 1.29 is 23.1 Å². The minimum atomic E-state index is -4.58. The van der Waals surface area contributed by atoms with Crippen molar-refractivity contribution in [1.82, 2.24) is 4.57 Å². The molecule has 0 aliphatic carbocycles. The molecule has 1 heterocycles. The van der Waals surface area contributed by atoms with Crippen molar-refractivity contribution in [3.63, 3.8) is 0 Å². The number of benzene rings is 1. The fraction of sp³-hybridized carbons (Fsp3) is 0.308. The van der Waals surface area contributed by atoms with E-state index in [1.165, 1.54) is 13.1 Å². The van der Waals surface area contributed by atoms with Crippen LogP contribution in [0.1, 0.15) is 16.8 Å². The highest BCUT2D eigenvalue weighted by Gasteiger charge is 2.38. The predicted octanol–water partition coefficient (Wildman–Crippen LogP) is 3.13. The van der Waals surface area contributed by atoms with Crippen LogP contribution in [0.3, 0.4) is 0 Å². The molecule has 1 aromatic heterocycles. The standard InChI is InChI=1S/C13H12F3NO2/c1-7-3-4-8-9(6-11(18)19)12(13(14,15)16)17(2)10(8)5-7/h3-5H,6H2,1-2H3,(H,18,19). The van der Waals surface area contributed by atoms with Crippen LogP contribution in [0.15, 0.2) is 18.2 Å². The van der Waals surface area contributed by atoms with E-state index < -0.39 is 24.3 Å². The van der Waals surface area contributed by atoms with E-state index >= 15 is 0 Å². The Hall–Kier alpha value is -1.98. The van der Waals surface area contributed by atoms with E-state index in [1.807, 2.05) is 0 Å². The average molecular weight is 271 g/mol. The molecule has 0 radical (unpaired) electrons. The number of carboxylic acids is 1. The smallest absolute Gasteiger partial charge is 0.431 e. The Morgan fingerprint density at radius 1 is 1.37 bits per heavy atom. The Morgan fingerprint density at radius 3 is 2.53 bits per heavy atom. The average Bonchev–Trinajstić information content (AvgIpc) is 2.50. The first-order valence-corrected chi connectivity index (χ1v) is 5.58. The Bertz CT molecular complexity index is 656. The molecule has 0 bridgehead atoms. The number of aromatic nitrogens is 1. The van der Waals surface area contributed by atoms with Crippen LogP contribution in [0, 0.1) is 6.92 Å². The summed E-state index contributed by atoms with van der Waals surface area (Å²) in [5.41, 5.74) is 0.139. The van der Waals surface area contributed by atoms with E-state index in [2.05, 4.69) is 0 Å². The van der Waals surface area contributed by atoms with Gasteiger partial charge in [-0.1, -0.05) is 12.1 Å². The maximum atomic E-state index is 13.1. The van der Waals surface area contributed by atoms with Crippen LogP contribution >= 0.6 is 0 Å². The molecule has 0 saturated carbocycles. The number of alkyl halides is 3. The van der Waals surface area contributed by atoms with Crippen LogP contribution in [0.5, 0.6) is 0 Å². The van der Waals surface area contributed by atoms with Crippen molar-refractivity contribution in [3.8, 4) is 0 Å². The van der Waals surface area contributed by atoms with Gasteiger partial charge >= 0.3 is 12.1 Å². The number of halogens is 3. The molecular weight excluding hydrogens is 259 g/mol. The third-order valence-electron chi connectivity index (χ3n) is 3.06. The van der Waals surface area contributed by atoms with E-state index in [4.69, 9.17) is 5.11 Å². The molecule has 2 rings (SSSR count). The van der Waals surface area contributed by atoms with Crippen LogP contribution in [0.4, 0.5) is 13.2 Å². The third kappa shape index (κ3) is 2.30. The Labute approximate surface area is 107 Å². The van der Waals surface area contributed by atoms with Crippen LogP contribution in [-0.2, 0) is 24.4 Å². The first-order valence-electron chi connectivity index (χ1n) is 5.58. The van der Waals surface area contributed by atoms with Crippen molar-refractivity contribution in [2.45, 2.75) is 19.5 Å². The molecular formula is C13H12F3NO2. The summed E-state index contributed by atoms with van der Waals surface area (Å²) < 4.78 is 40.3. The quantitative estimate of drug-likeness (QED) is 0.911. The lowest BCUT2D eigenvalue weighted by molar-refractivity contribution is -0.144. The van der Waals surface area contributed by atoms with Gasteiger partial charge in [0.15, 0.2) is 0 Å². The number of aliphatic carboxylic acids is 1. The monoisotopic (exact) mass is 271 g/mol. The molecule has 0 saturated heterocycles. The number of carboxylic acid groups (broad SMARTS) is 1. The topological polar surface area (TPSA) is 42.2 Å². The van der Waals surface area contributed by atoms with Crippen LogP contribution in [0.2, 0.25) is 0 Å². The first kappa shape index (κ1) is 13.5. The summed E-state index contributed by atoms with van der Waals surface area (Å²) in [5.74, 6) is -1.28. The van der Waals surface area contributed by atoms with E-state index in [0.29, 0.717) is 10.9 Å². The van der Waals surface area contributed by atoms with Gasteiger partial charge in [0.2, 0.25) is 0 Å². The van der Waals surface area contributed by atoms with Gasteiger partial charge in [0, 0.05) is 23.5 Å². The molecule has 0 atom stereocenters. The predicted molar refractivity (Wildman–Crippen MR) is 64.0 cm³/mol. The molecule has 3 nitrogen and oxygen atoms in total. The number of aryl methyl sites for hydroxylation is 2.